The maximum atomic E-state index is 13.2. The largest absolute Gasteiger partial charge is 0.481 e. The number of benzene rings is 2. The van der Waals surface area contributed by atoms with Crippen LogP contribution in [0.4, 0.5) is 18.0 Å². The van der Waals surface area contributed by atoms with Gasteiger partial charge in [-0.05, 0) is 28.2 Å². The Morgan fingerprint density at radius 3 is 2.14 bits per heavy atom. The van der Waals surface area contributed by atoms with E-state index < -0.39 is 48.4 Å². The summed E-state index contributed by atoms with van der Waals surface area (Å²) in [6.07, 6.45) is -7.45. The molecule has 1 heterocycles. The average Bonchev–Trinajstić information content (AvgIpc) is 3.34. The normalized spacial score (nSPS) is 20.2. The number of alkyl carbamates (subject to hydrolysis) is 1. The van der Waals surface area contributed by atoms with Gasteiger partial charge in [-0.25, -0.2) is 4.79 Å². The fourth-order valence-corrected chi connectivity index (χ4v) is 4.90. The molecule has 3 atom stereocenters. The molecule has 4 rings (SSSR count). The Labute approximate surface area is 199 Å². The van der Waals surface area contributed by atoms with Crippen LogP contribution in [-0.4, -0.2) is 59.9 Å². The van der Waals surface area contributed by atoms with E-state index in [0.29, 0.717) is 0 Å². The first kappa shape index (κ1) is 24.6. The fraction of sp³-hybridized carbons (Fsp3) is 0.400. The van der Waals surface area contributed by atoms with Crippen molar-refractivity contribution >= 4 is 18.0 Å². The van der Waals surface area contributed by atoms with Crippen molar-refractivity contribution in [2.75, 3.05) is 19.7 Å². The summed E-state index contributed by atoms with van der Waals surface area (Å²) in [6, 6.07) is 13.3. The first-order chi connectivity index (χ1) is 16.5. The van der Waals surface area contributed by atoms with Crippen molar-refractivity contribution < 1.29 is 37.4 Å². The van der Waals surface area contributed by atoms with E-state index in [-0.39, 0.29) is 25.6 Å². The molecule has 1 saturated heterocycles. The number of hydrogen-bond donors (Lipinski definition) is 2. The van der Waals surface area contributed by atoms with Crippen LogP contribution >= 0.6 is 0 Å². The van der Waals surface area contributed by atoms with Crippen molar-refractivity contribution in [3.8, 4) is 11.1 Å². The first-order valence-electron chi connectivity index (χ1n) is 11.2. The highest BCUT2D eigenvalue weighted by molar-refractivity contribution is 5.87. The van der Waals surface area contributed by atoms with E-state index >= 15 is 0 Å². The number of likely N-dealkylation sites (tertiary alicyclic amines) is 1. The Hall–Kier alpha value is -3.56. The van der Waals surface area contributed by atoms with Crippen LogP contribution in [0.5, 0.6) is 0 Å². The number of amides is 2. The molecule has 2 aromatic rings. The minimum Gasteiger partial charge on any atom is -0.481 e. The van der Waals surface area contributed by atoms with Gasteiger partial charge in [-0.15, -0.1) is 0 Å². The molecule has 10 heteroatoms. The van der Waals surface area contributed by atoms with Gasteiger partial charge in [0.2, 0.25) is 5.91 Å². The first-order valence-corrected chi connectivity index (χ1v) is 11.2. The fourth-order valence-electron chi connectivity index (χ4n) is 4.90. The Balaban J connectivity index is 1.45. The number of nitrogens with zero attached hydrogens (tertiary/aromatic N) is 1. The molecule has 0 radical (unpaired) electrons. The van der Waals surface area contributed by atoms with Crippen molar-refractivity contribution in [1.82, 2.24) is 10.2 Å². The van der Waals surface area contributed by atoms with Crippen molar-refractivity contribution in [1.29, 1.82) is 0 Å². The number of hydrogen-bond acceptors (Lipinski definition) is 4. The van der Waals surface area contributed by atoms with E-state index in [9.17, 15) is 32.7 Å². The van der Waals surface area contributed by atoms with Crippen LogP contribution in [0.25, 0.3) is 11.1 Å². The third-order valence-electron chi connectivity index (χ3n) is 6.61. The highest BCUT2D eigenvalue weighted by Gasteiger charge is 2.43. The smallest absolute Gasteiger partial charge is 0.407 e. The van der Waals surface area contributed by atoms with Gasteiger partial charge in [0.15, 0.2) is 0 Å². The zero-order valence-corrected chi connectivity index (χ0v) is 18.9. The van der Waals surface area contributed by atoms with Crippen molar-refractivity contribution in [3.63, 3.8) is 0 Å². The van der Waals surface area contributed by atoms with Gasteiger partial charge in [0.25, 0.3) is 0 Å². The maximum absolute atomic E-state index is 13.2. The summed E-state index contributed by atoms with van der Waals surface area (Å²) in [5.41, 5.74) is 3.88. The summed E-state index contributed by atoms with van der Waals surface area (Å²) in [5.74, 6) is -3.69. The molecular weight excluding hydrogens is 465 g/mol. The van der Waals surface area contributed by atoms with Crippen LogP contribution in [0.1, 0.15) is 30.4 Å². The Bertz CT molecular complexity index is 1090. The summed E-state index contributed by atoms with van der Waals surface area (Å²) < 4.78 is 44.9. The number of carbonyl (C=O) groups excluding carboxylic acids is 2. The summed E-state index contributed by atoms with van der Waals surface area (Å²) in [5, 5.41) is 11.3. The van der Waals surface area contributed by atoms with Crippen LogP contribution in [0.2, 0.25) is 0 Å². The lowest BCUT2D eigenvalue weighted by molar-refractivity contribution is -0.154. The number of aliphatic carboxylic acids is 1. The maximum Gasteiger partial charge on any atom is 0.407 e. The molecule has 186 valence electrons. The van der Waals surface area contributed by atoms with E-state index in [1.807, 2.05) is 48.5 Å². The van der Waals surface area contributed by atoms with E-state index in [1.54, 1.807) is 6.92 Å². The van der Waals surface area contributed by atoms with Crippen LogP contribution in [-0.2, 0) is 14.3 Å². The zero-order chi connectivity index (χ0) is 25.3. The van der Waals surface area contributed by atoms with E-state index in [4.69, 9.17) is 4.74 Å². The second-order valence-electron chi connectivity index (χ2n) is 9.01. The van der Waals surface area contributed by atoms with E-state index in [2.05, 4.69) is 5.32 Å². The van der Waals surface area contributed by atoms with Crippen LogP contribution < -0.4 is 5.32 Å². The number of carbonyl (C=O) groups is 3. The SMILES string of the molecule is C[C@@H]1CN(C(=O)C(CC(F)(F)F)NC(=O)OCC2c3ccccc3-c3ccccc32)C[C@H]1C(=O)O. The third kappa shape index (κ3) is 5.26. The van der Waals surface area contributed by atoms with Crippen molar-refractivity contribution in [3.05, 3.63) is 59.7 Å². The number of halogens is 3. The summed E-state index contributed by atoms with van der Waals surface area (Å²) in [6.45, 7) is 1.28. The molecule has 7 nitrogen and oxygen atoms in total. The van der Waals surface area contributed by atoms with Gasteiger partial charge in [0.05, 0.1) is 12.3 Å². The lowest BCUT2D eigenvalue weighted by Crippen LogP contribution is -2.50. The molecule has 2 amide bonds. The number of nitrogens with one attached hydrogen (secondary N) is 1. The molecule has 0 bridgehead atoms. The molecule has 0 spiro atoms. The Kier molecular flexibility index (Phi) is 6.73. The number of rotatable bonds is 6. The Morgan fingerprint density at radius 1 is 1.06 bits per heavy atom. The molecule has 1 fully saturated rings. The summed E-state index contributed by atoms with van der Waals surface area (Å²) in [7, 11) is 0. The molecule has 2 aliphatic rings. The van der Waals surface area contributed by atoms with E-state index in [0.717, 1.165) is 27.2 Å². The third-order valence-corrected chi connectivity index (χ3v) is 6.61. The van der Waals surface area contributed by atoms with Gasteiger partial charge in [0.1, 0.15) is 12.6 Å². The lowest BCUT2D eigenvalue weighted by Gasteiger charge is -2.25. The molecule has 0 aromatic heterocycles. The lowest BCUT2D eigenvalue weighted by atomic mass is 9.98. The molecule has 35 heavy (non-hydrogen) atoms. The number of fused-ring (bicyclic) bond motifs is 3. The van der Waals surface area contributed by atoms with E-state index in [1.165, 1.54) is 0 Å². The standard InChI is InChI=1S/C25H25F3N2O5/c1-14-11-30(12-19(14)23(32)33)22(31)21(10-25(26,27)28)29-24(34)35-13-20-17-8-4-2-6-15(17)16-7-3-5-9-18(16)20/h2-9,14,19-21H,10-13H2,1H3,(H,29,34)(H,32,33)/t14-,19-,21?/m1/s1. The van der Waals surface area contributed by atoms with Gasteiger partial charge in [0, 0.05) is 19.0 Å². The minimum absolute atomic E-state index is 0.00345. The minimum atomic E-state index is -4.73. The topological polar surface area (TPSA) is 95.9 Å². The number of alkyl halides is 3. The predicted molar refractivity (Wildman–Crippen MR) is 120 cm³/mol. The van der Waals surface area contributed by atoms with Gasteiger partial charge in [-0.3, -0.25) is 9.59 Å². The quantitative estimate of drug-likeness (QED) is 0.638. The molecule has 1 unspecified atom stereocenters. The summed E-state index contributed by atoms with van der Waals surface area (Å²) in [4.78, 5) is 37.7. The molecule has 1 aliphatic carbocycles. The van der Waals surface area contributed by atoms with Crippen LogP contribution in [0.15, 0.2) is 48.5 Å². The molecule has 1 aliphatic heterocycles. The van der Waals surface area contributed by atoms with Gasteiger partial charge >= 0.3 is 18.2 Å². The highest BCUT2D eigenvalue weighted by Crippen LogP contribution is 2.44. The second-order valence-corrected chi connectivity index (χ2v) is 9.01. The predicted octanol–water partition coefficient (Wildman–Crippen LogP) is 4.03. The second kappa shape index (κ2) is 9.59. The van der Waals surface area contributed by atoms with Gasteiger partial charge in [-0.1, -0.05) is 55.5 Å². The average molecular weight is 490 g/mol. The molecule has 2 N–H and O–H groups in total. The van der Waals surface area contributed by atoms with Gasteiger partial charge in [-0.2, -0.15) is 13.2 Å². The molecule has 2 aromatic carbocycles. The van der Waals surface area contributed by atoms with Crippen molar-refractivity contribution in [2.45, 2.75) is 31.5 Å². The zero-order valence-electron chi connectivity index (χ0n) is 18.9. The monoisotopic (exact) mass is 490 g/mol. The molecule has 0 saturated carbocycles. The highest BCUT2D eigenvalue weighted by atomic mass is 19.4. The van der Waals surface area contributed by atoms with Gasteiger partial charge < -0.3 is 20.1 Å². The number of carboxylic acids is 1. The van der Waals surface area contributed by atoms with Crippen LogP contribution in [0.3, 0.4) is 0 Å². The number of carboxylic acid groups (broad SMARTS) is 1. The molecular formula is C25H25F3N2O5. The van der Waals surface area contributed by atoms with Crippen LogP contribution in [0, 0.1) is 11.8 Å². The van der Waals surface area contributed by atoms with Crippen molar-refractivity contribution in [2.24, 2.45) is 11.8 Å². The summed E-state index contributed by atoms with van der Waals surface area (Å²) >= 11 is 0. The Morgan fingerprint density at radius 2 is 1.63 bits per heavy atom. The number of ether oxygens (including phenoxy) is 1.